The zero-order chi connectivity index (χ0) is 23.3. The van der Waals surface area contributed by atoms with E-state index in [2.05, 4.69) is 47.6 Å². The van der Waals surface area contributed by atoms with Gasteiger partial charge in [-0.15, -0.1) is 0 Å². The van der Waals surface area contributed by atoms with Crippen LogP contribution in [0.1, 0.15) is 112 Å². The maximum absolute atomic E-state index is 9.17. The molecule has 0 saturated heterocycles. The van der Waals surface area contributed by atoms with Crippen LogP contribution in [-0.2, 0) is 4.74 Å². The van der Waals surface area contributed by atoms with Crippen molar-refractivity contribution in [3.8, 4) is 0 Å². The van der Waals surface area contributed by atoms with Gasteiger partial charge in [0.15, 0.2) is 0 Å². The summed E-state index contributed by atoms with van der Waals surface area (Å²) in [5, 5.41) is 9.17. The lowest BCUT2D eigenvalue weighted by Gasteiger charge is -2.52. The predicted molar refractivity (Wildman–Crippen MR) is 137 cm³/mol. The normalized spacial score (nSPS) is 39.3. The molecule has 8 atom stereocenters. The van der Waals surface area contributed by atoms with Gasteiger partial charge in [0.25, 0.3) is 0 Å². The molecule has 0 aromatic carbocycles. The Morgan fingerprint density at radius 2 is 1.78 bits per heavy atom. The Balaban J connectivity index is 1.68. The van der Waals surface area contributed by atoms with E-state index in [0.717, 1.165) is 54.3 Å². The van der Waals surface area contributed by atoms with Crippen LogP contribution in [0.15, 0.2) is 11.6 Å². The average molecular weight is 447 g/mol. The van der Waals surface area contributed by atoms with Crippen LogP contribution in [0.25, 0.3) is 0 Å². The minimum Gasteiger partial charge on any atom is -0.394 e. The molecule has 0 aromatic heterocycles. The van der Waals surface area contributed by atoms with Crippen LogP contribution in [0, 0.1) is 46.8 Å². The number of hydrogen-bond acceptors (Lipinski definition) is 2. The monoisotopic (exact) mass is 446 g/mol. The van der Waals surface area contributed by atoms with Gasteiger partial charge in [0.1, 0.15) is 0 Å². The first-order chi connectivity index (χ1) is 15.3. The first-order valence-corrected chi connectivity index (χ1v) is 14.2. The maximum Gasteiger partial charge on any atom is 0.0701 e. The second-order valence-corrected chi connectivity index (χ2v) is 12.7. The zero-order valence-electron chi connectivity index (χ0n) is 22.2. The Kier molecular flexibility index (Phi) is 9.75. The molecule has 0 spiro atoms. The Hall–Kier alpha value is -0.340. The largest absolute Gasteiger partial charge is 0.394 e. The summed E-state index contributed by atoms with van der Waals surface area (Å²) in [5.41, 5.74) is 2.06. The summed E-state index contributed by atoms with van der Waals surface area (Å²) in [7, 11) is 0. The Labute approximate surface area is 200 Å². The smallest absolute Gasteiger partial charge is 0.0701 e. The molecule has 0 radical (unpaired) electrons. The summed E-state index contributed by atoms with van der Waals surface area (Å²) < 4.78 is 5.96. The van der Waals surface area contributed by atoms with Crippen LogP contribution in [-0.4, -0.2) is 24.4 Å². The third kappa shape index (κ3) is 6.21. The van der Waals surface area contributed by atoms with Crippen molar-refractivity contribution < 1.29 is 9.84 Å². The van der Waals surface area contributed by atoms with Crippen molar-refractivity contribution in [2.75, 3.05) is 13.2 Å². The van der Waals surface area contributed by atoms with Crippen LogP contribution in [0.3, 0.4) is 0 Å². The molecule has 0 heterocycles. The number of rotatable bonds is 8. The van der Waals surface area contributed by atoms with Crippen LogP contribution >= 0.6 is 0 Å². The number of allylic oxidation sites excluding steroid dienone is 1. The van der Waals surface area contributed by atoms with Crippen LogP contribution < -0.4 is 0 Å². The molecule has 0 amide bonds. The molecule has 2 fully saturated rings. The molecule has 0 aromatic rings. The topological polar surface area (TPSA) is 29.5 Å². The lowest BCUT2D eigenvalue weighted by atomic mass is 9.53. The second-order valence-electron chi connectivity index (χ2n) is 12.7. The Bertz CT molecular complexity index is 596. The zero-order valence-corrected chi connectivity index (χ0v) is 22.2. The van der Waals surface area contributed by atoms with Gasteiger partial charge < -0.3 is 9.84 Å². The molecular formula is C30H54O2. The van der Waals surface area contributed by atoms with Gasteiger partial charge in [-0.2, -0.15) is 0 Å². The number of hydrogen-bond donors (Lipinski definition) is 1. The minimum absolute atomic E-state index is 0.143. The fourth-order valence-electron chi connectivity index (χ4n) is 7.90. The van der Waals surface area contributed by atoms with Crippen LogP contribution in [0.4, 0.5) is 0 Å². The number of aliphatic hydroxyl groups excluding tert-OH is 1. The van der Waals surface area contributed by atoms with Crippen molar-refractivity contribution in [3.63, 3.8) is 0 Å². The van der Waals surface area contributed by atoms with Crippen molar-refractivity contribution in [3.05, 3.63) is 11.6 Å². The standard InChI is InChI=1S/C30H54O2/c1-21(2)8-7-9-22(3)27-13-10-24(5)28-14-12-25-20-26(32-19-18-31)16-17-30(25,6)29(28)15-11-23(27)4/h12,21-24,26-29,31H,7-11,13-20H2,1-6H3/t22?,23-,24?,26?,27+,28?,29?,30-/m0/s1. The van der Waals surface area contributed by atoms with Gasteiger partial charge in [-0.1, -0.05) is 85.3 Å². The third-order valence-corrected chi connectivity index (χ3v) is 10.1. The van der Waals surface area contributed by atoms with E-state index >= 15 is 0 Å². The van der Waals surface area contributed by atoms with Crippen molar-refractivity contribution >= 4 is 0 Å². The molecular weight excluding hydrogens is 392 g/mol. The van der Waals surface area contributed by atoms with Crippen molar-refractivity contribution in [2.24, 2.45) is 46.8 Å². The number of aliphatic hydroxyl groups is 1. The van der Waals surface area contributed by atoms with E-state index in [1.54, 1.807) is 5.57 Å². The van der Waals surface area contributed by atoms with Crippen molar-refractivity contribution in [2.45, 2.75) is 118 Å². The predicted octanol–water partition coefficient (Wildman–Crippen LogP) is 8.04. The Morgan fingerprint density at radius 3 is 2.50 bits per heavy atom. The van der Waals surface area contributed by atoms with Gasteiger partial charge in [-0.25, -0.2) is 0 Å². The van der Waals surface area contributed by atoms with Gasteiger partial charge >= 0.3 is 0 Å². The molecule has 2 saturated carbocycles. The molecule has 3 aliphatic carbocycles. The quantitative estimate of drug-likeness (QED) is 0.382. The van der Waals surface area contributed by atoms with E-state index < -0.39 is 0 Å². The first-order valence-electron chi connectivity index (χ1n) is 14.2. The van der Waals surface area contributed by atoms with Crippen LogP contribution in [0.2, 0.25) is 0 Å². The lowest BCUT2D eigenvalue weighted by Crippen LogP contribution is -2.44. The first kappa shape index (κ1) is 26.3. The Morgan fingerprint density at radius 1 is 1.03 bits per heavy atom. The van der Waals surface area contributed by atoms with E-state index in [-0.39, 0.29) is 6.61 Å². The molecule has 3 aliphatic rings. The molecule has 1 N–H and O–H groups in total. The highest BCUT2D eigenvalue weighted by molar-refractivity contribution is 5.23. The summed E-state index contributed by atoms with van der Waals surface area (Å²) >= 11 is 0. The highest BCUT2D eigenvalue weighted by Crippen LogP contribution is 2.57. The van der Waals surface area contributed by atoms with E-state index in [0.29, 0.717) is 18.1 Å². The van der Waals surface area contributed by atoms with E-state index in [9.17, 15) is 0 Å². The summed E-state index contributed by atoms with van der Waals surface area (Å²) in [5.74, 6) is 6.03. The molecule has 0 aliphatic heterocycles. The fraction of sp³-hybridized carbons (Fsp3) is 0.933. The van der Waals surface area contributed by atoms with Gasteiger partial charge in [-0.05, 0) is 85.4 Å². The second kappa shape index (κ2) is 11.9. The van der Waals surface area contributed by atoms with Gasteiger partial charge in [0, 0.05) is 0 Å². The maximum atomic E-state index is 9.17. The van der Waals surface area contributed by atoms with E-state index in [1.807, 2.05) is 0 Å². The summed E-state index contributed by atoms with van der Waals surface area (Å²) in [6.45, 7) is 15.7. The highest BCUT2D eigenvalue weighted by atomic mass is 16.5. The summed E-state index contributed by atoms with van der Waals surface area (Å²) in [6.07, 6.45) is 17.7. The van der Waals surface area contributed by atoms with Crippen molar-refractivity contribution in [1.82, 2.24) is 0 Å². The van der Waals surface area contributed by atoms with Crippen LogP contribution in [0.5, 0.6) is 0 Å². The molecule has 3 rings (SSSR count). The molecule has 0 bridgehead atoms. The van der Waals surface area contributed by atoms with E-state index in [1.165, 1.54) is 57.8 Å². The molecule has 32 heavy (non-hydrogen) atoms. The fourth-order valence-corrected chi connectivity index (χ4v) is 7.90. The highest BCUT2D eigenvalue weighted by Gasteiger charge is 2.48. The molecule has 186 valence electrons. The third-order valence-electron chi connectivity index (χ3n) is 10.1. The molecule has 5 unspecified atom stereocenters. The van der Waals surface area contributed by atoms with E-state index in [4.69, 9.17) is 9.84 Å². The number of ether oxygens (including phenoxy) is 1. The van der Waals surface area contributed by atoms with Crippen molar-refractivity contribution in [1.29, 1.82) is 0 Å². The van der Waals surface area contributed by atoms with Gasteiger partial charge in [0.05, 0.1) is 19.3 Å². The molecule has 2 nitrogen and oxygen atoms in total. The summed E-state index contributed by atoms with van der Waals surface area (Å²) in [6, 6.07) is 0. The minimum atomic E-state index is 0.143. The van der Waals surface area contributed by atoms with Gasteiger partial charge in [0.2, 0.25) is 0 Å². The molecule has 2 heteroatoms. The summed E-state index contributed by atoms with van der Waals surface area (Å²) in [4.78, 5) is 0. The van der Waals surface area contributed by atoms with Gasteiger partial charge in [-0.3, -0.25) is 0 Å². The number of fused-ring (bicyclic) bond motifs is 3. The average Bonchev–Trinajstić information content (AvgIpc) is 2.81. The lowest BCUT2D eigenvalue weighted by molar-refractivity contribution is -0.0190. The SMILES string of the molecule is CC(C)CCCC(C)[C@H]1CCC(C)C2CC=C3CC(OCCO)CC[C@]3(C)C2CC[C@@H]1C.